The van der Waals surface area contributed by atoms with Crippen molar-refractivity contribution < 1.29 is 9.47 Å². The Morgan fingerprint density at radius 2 is 1.90 bits per heavy atom. The summed E-state index contributed by atoms with van der Waals surface area (Å²) in [5, 5.41) is 7.26. The Kier molecular flexibility index (Phi) is 8.82. The quantitative estimate of drug-likeness (QED) is 0.257. The van der Waals surface area contributed by atoms with E-state index in [1.165, 1.54) is 5.56 Å². The van der Waals surface area contributed by atoms with Gasteiger partial charge in [-0.05, 0) is 35.7 Å². The molecule has 1 aliphatic heterocycles. The smallest absolute Gasteiger partial charge is 0.191 e. The lowest BCUT2D eigenvalue weighted by Gasteiger charge is -2.28. The molecule has 0 atom stereocenters. The number of hydrogen-bond donors (Lipinski definition) is 2. The lowest BCUT2D eigenvalue weighted by molar-refractivity contribution is 0.171. The molecule has 158 valence electrons. The zero-order valence-corrected chi connectivity index (χ0v) is 20.1. The minimum absolute atomic E-state index is 0. The van der Waals surface area contributed by atoms with Gasteiger partial charge in [-0.2, -0.15) is 0 Å². The van der Waals surface area contributed by atoms with Gasteiger partial charge in [-0.15, -0.1) is 24.0 Å². The van der Waals surface area contributed by atoms with Crippen molar-refractivity contribution >= 4 is 41.5 Å². The van der Waals surface area contributed by atoms with Gasteiger partial charge in [-0.25, -0.2) is 4.98 Å². The normalized spacial score (nSPS) is 13.4. The Hall–Kier alpha value is -1.74. The molecule has 1 aromatic carbocycles. The second kappa shape index (κ2) is 10.9. The number of benzene rings is 1. The molecule has 0 spiro atoms. The van der Waals surface area contributed by atoms with Crippen molar-refractivity contribution in [1.82, 2.24) is 15.6 Å². The van der Waals surface area contributed by atoms with E-state index < -0.39 is 0 Å². The highest BCUT2D eigenvalue weighted by Crippen LogP contribution is 2.34. The molecule has 8 heteroatoms. The van der Waals surface area contributed by atoms with Crippen molar-refractivity contribution in [2.24, 2.45) is 4.99 Å². The summed E-state index contributed by atoms with van der Waals surface area (Å²) in [6.07, 6.45) is 2.64. The van der Waals surface area contributed by atoms with Crippen molar-refractivity contribution in [2.45, 2.75) is 25.7 Å². The van der Waals surface area contributed by atoms with E-state index in [-0.39, 0.29) is 29.4 Å². The molecule has 2 aromatic rings. The summed E-state index contributed by atoms with van der Waals surface area (Å²) in [5.74, 6) is 2.40. The van der Waals surface area contributed by atoms with E-state index in [9.17, 15) is 0 Å². The van der Waals surface area contributed by atoms with E-state index in [2.05, 4.69) is 46.6 Å². The molecule has 1 aromatic heterocycles. The highest BCUT2D eigenvalue weighted by Gasteiger charge is 2.23. The standard InChI is InChI=1S/C21H27ClN4O2.HI/c1-21(2,16-5-6-17-18(12-16)28-11-10-27-17)14-26-20(23-3)24-9-8-15-4-7-19(22)25-13-15;/h4-7,12-13H,8-11,14H2,1-3H3,(H2,23,24,26);1H. The van der Waals surface area contributed by atoms with E-state index in [1.807, 2.05) is 12.1 Å². The van der Waals surface area contributed by atoms with Crippen molar-refractivity contribution in [3.63, 3.8) is 0 Å². The summed E-state index contributed by atoms with van der Waals surface area (Å²) in [7, 11) is 1.77. The molecule has 2 heterocycles. The van der Waals surface area contributed by atoms with Gasteiger partial charge in [0.25, 0.3) is 0 Å². The first-order chi connectivity index (χ1) is 13.5. The lowest BCUT2D eigenvalue weighted by atomic mass is 9.84. The third-order valence-electron chi connectivity index (χ3n) is 4.74. The van der Waals surface area contributed by atoms with Gasteiger partial charge >= 0.3 is 0 Å². The molecular formula is C21H28ClIN4O2. The fourth-order valence-electron chi connectivity index (χ4n) is 2.97. The number of rotatable bonds is 6. The van der Waals surface area contributed by atoms with E-state index in [4.69, 9.17) is 21.1 Å². The number of halogens is 2. The number of guanidine groups is 1. The minimum Gasteiger partial charge on any atom is -0.486 e. The first-order valence-corrected chi connectivity index (χ1v) is 9.81. The van der Waals surface area contributed by atoms with Gasteiger partial charge in [0.1, 0.15) is 18.4 Å². The largest absolute Gasteiger partial charge is 0.486 e. The monoisotopic (exact) mass is 530 g/mol. The number of aliphatic imine (C=N–C) groups is 1. The molecule has 6 nitrogen and oxygen atoms in total. The molecule has 0 unspecified atom stereocenters. The molecule has 0 saturated heterocycles. The van der Waals surface area contributed by atoms with Crippen LogP contribution in [0.25, 0.3) is 0 Å². The third-order valence-corrected chi connectivity index (χ3v) is 4.96. The van der Waals surface area contributed by atoms with Gasteiger partial charge in [0.15, 0.2) is 17.5 Å². The Labute approximate surface area is 194 Å². The molecule has 2 N–H and O–H groups in total. The molecule has 0 radical (unpaired) electrons. The van der Waals surface area contributed by atoms with Crippen LogP contribution in [0.5, 0.6) is 11.5 Å². The minimum atomic E-state index is -0.104. The van der Waals surface area contributed by atoms with Gasteiger partial charge in [-0.1, -0.05) is 37.6 Å². The third kappa shape index (κ3) is 6.64. The van der Waals surface area contributed by atoms with Gasteiger partial charge in [0, 0.05) is 31.7 Å². The fraction of sp³-hybridized carbons (Fsp3) is 0.429. The fourth-order valence-corrected chi connectivity index (χ4v) is 3.08. The molecular weight excluding hydrogens is 503 g/mol. The number of ether oxygens (including phenoxy) is 2. The maximum Gasteiger partial charge on any atom is 0.191 e. The van der Waals surface area contributed by atoms with Crippen LogP contribution in [-0.2, 0) is 11.8 Å². The van der Waals surface area contributed by atoms with E-state index >= 15 is 0 Å². The first kappa shape index (κ1) is 23.5. The average molecular weight is 531 g/mol. The second-order valence-electron chi connectivity index (χ2n) is 7.33. The van der Waals surface area contributed by atoms with Crippen LogP contribution < -0.4 is 20.1 Å². The highest BCUT2D eigenvalue weighted by atomic mass is 127. The number of fused-ring (bicyclic) bond motifs is 1. The predicted octanol–water partition coefficient (Wildman–Crippen LogP) is 3.81. The summed E-state index contributed by atoms with van der Waals surface area (Å²) in [6, 6.07) is 9.94. The number of hydrogen-bond acceptors (Lipinski definition) is 4. The maximum atomic E-state index is 5.82. The Morgan fingerprint density at radius 1 is 1.14 bits per heavy atom. The Balaban J connectivity index is 0.00000300. The number of aromatic nitrogens is 1. The maximum absolute atomic E-state index is 5.82. The summed E-state index contributed by atoms with van der Waals surface area (Å²) in [5.41, 5.74) is 2.21. The van der Waals surface area contributed by atoms with Crippen molar-refractivity contribution in [1.29, 1.82) is 0 Å². The Bertz CT molecular complexity index is 828. The van der Waals surface area contributed by atoms with E-state index in [0.717, 1.165) is 42.5 Å². The summed E-state index contributed by atoms with van der Waals surface area (Å²) >= 11 is 5.82. The topological polar surface area (TPSA) is 67.8 Å². The SMILES string of the molecule is CN=C(NCCc1ccc(Cl)nc1)NCC(C)(C)c1ccc2c(c1)OCCO2.I. The van der Waals surface area contributed by atoms with E-state index in [0.29, 0.717) is 18.4 Å². The molecule has 0 saturated carbocycles. The zero-order valence-electron chi connectivity index (χ0n) is 17.0. The lowest BCUT2D eigenvalue weighted by Crippen LogP contribution is -2.44. The summed E-state index contributed by atoms with van der Waals surface area (Å²) < 4.78 is 11.3. The van der Waals surface area contributed by atoms with Crippen LogP contribution in [0, 0.1) is 0 Å². The molecule has 29 heavy (non-hydrogen) atoms. The number of pyridine rings is 1. The predicted molar refractivity (Wildman–Crippen MR) is 128 cm³/mol. The molecule has 1 aliphatic rings. The first-order valence-electron chi connectivity index (χ1n) is 9.43. The highest BCUT2D eigenvalue weighted by molar-refractivity contribution is 14.0. The van der Waals surface area contributed by atoms with Crippen molar-refractivity contribution in [3.8, 4) is 11.5 Å². The van der Waals surface area contributed by atoms with Gasteiger partial charge in [0.05, 0.1) is 0 Å². The van der Waals surface area contributed by atoms with Crippen molar-refractivity contribution in [2.75, 3.05) is 33.4 Å². The average Bonchev–Trinajstić information content (AvgIpc) is 2.71. The number of nitrogens with one attached hydrogen (secondary N) is 2. The van der Waals surface area contributed by atoms with Crippen LogP contribution in [-0.4, -0.2) is 44.3 Å². The van der Waals surface area contributed by atoms with Crippen LogP contribution in [0.4, 0.5) is 0 Å². The van der Waals surface area contributed by atoms with Crippen LogP contribution in [0.15, 0.2) is 41.5 Å². The van der Waals surface area contributed by atoms with Crippen molar-refractivity contribution in [3.05, 3.63) is 52.8 Å². The number of nitrogens with zero attached hydrogens (tertiary/aromatic N) is 2. The molecule has 0 bridgehead atoms. The molecule has 0 aliphatic carbocycles. The Morgan fingerprint density at radius 3 is 2.59 bits per heavy atom. The van der Waals surface area contributed by atoms with Gasteiger partial charge in [-0.3, -0.25) is 4.99 Å². The van der Waals surface area contributed by atoms with Crippen LogP contribution >= 0.6 is 35.6 Å². The van der Waals surface area contributed by atoms with Crippen LogP contribution in [0.1, 0.15) is 25.0 Å². The van der Waals surface area contributed by atoms with Crippen LogP contribution in [0.2, 0.25) is 5.15 Å². The molecule has 0 fully saturated rings. The summed E-state index contributed by atoms with van der Waals surface area (Å²) in [4.78, 5) is 8.42. The summed E-state index contributed by atoms with van der Waals surface area (Å²) in [6.45, 7) is 7.07. The van der Waals surface area contributed by atoms with E-state index in [1.54, 1.807) is 19.3 Å². The zero-order chi connectivity index (χ0) is 20.0. The van der Waals surface area contributed by atoms with Crippen LogP contribution in [0.3, 0.4) is 0 Å². The van der Waals surface area contributed by atoms with Gasteiger partial charge < -0.3 is 20.1 Å². The second-order valence-corrected chi connectivity index (χ2v) is 7.72. The molecule has 3 rings (SSSR count). The van der Waals surface area contributed by atoms with Gasteiger partial charge in [0.2, 0.25) is 0 Å². The molecule has 0 amide bonds.